The molecule has 0 amide bonds. The largest absolute Gasteiger partial charge is 0.497 e. The average molecular weight is 302 g/mol. The van der Waals surface area contributed by atoms with Crippen LogP contribution in [0.25, 0.3) is 17.0 Å². The first-order valence-electron chi connectivity index (χ1n) is 7.09. The van der Waals surface area contributed by atoms with Crippen molar-refractivity contribution in [2.24, 2.45) is 0 Å². The van der Waals surface area contributed by atoms with E-state index in [0.717, 1.165) is 22.2 Å². The summed E-state index contributed by atoms with van der Waals surface area (Å²) in [6, 6.07) is 14.4. The molecular formula is C19H14N2O2. The highest BCUT2D eigenvalue weighted by molar-refractivity contribution is 6.07. The maximum atomic E-state index is 12.2. The fourth-order valence-electron chi connectivity index (χ4n) is 2.36. The number of carbonyl (C=O) groups is 1. The molecule has 1 heterocycles. The zero-order valence-electron chi connectivity index (χ0n) is 12.5. The summed E-state index contributed by atoms with van der Waals surface area (Å²) < 4.78 is 5.23. The van der Waals surface area contributed by atoms with Crippen LogP contribution in [0, 0.1) is 11.3 Å². The number of nitrogens with one attached hydrogen (secondary N) is 1. The summed E-state index contributed by atoms with van der Waals surface area (Å²) in [5.74, 6) is 0.664. The highest BCUT2D eigenvalue weighted by atomic mass is 16.5. The lowest BCUT2D eigenvalue weighted by molar-refractivity contribution is 0.104. The number of fused-ring (bicyclic) bond motifs is 1. The van der Waals surface area contributed by atoms with Crippen LogP contribution in [-0.2, 0) is 0 Å². The van der Waals surface area contributed by atoms with Crippen molar-refractivity contribution in [3.63, 3.8) is 0 Å². The lowest BCUT2D eigenvalue weighted by Crippen LogP contribution is -1.93. The van der Waals surface area contributed by atoms with Crippen LogP contribution in [0.1, 0.15) is 21.5 Å². The quantitative estimate of drug-likeness (QED) is 0.586. The Morgan fingerprint density at radius 1 is 1.22 bits per heavy atom. The molecule has 4 heteroatoms. The third-order valence-corrected chi connectivity index (χ3v) is 3.63. The van der Waals surface area contributed by atoms with Crippen molar-refractivity contribution in [1.29, 1.82) is 5.26 Å². The molecule has 0 saturated heterocycles. The number of rotatable bonds is 4. The van der Waals surface area contributed by atoms with Gasteiger partial charge in [0.25, 0.3) is 0 Å². The van der Waals surface area contributed by atoms with E-state index in [0.29, 0.717) is 11.1 Å². The van der Waals surface area contributed by atoms with E-state index in [-0.39, 0.29) is 5.78 Å². The predicted molar refractivity (Wildman–Crippen MR) is 89.4 cm³/mol. The number of hydrogen-bond donors (Lipinski definition) is 1. The summed E-state index contributed by atoms with van der Waals surface area (Å²) in [6.45, 7) is 0. The molecule has 0 spiro atoms. The molecule has 2 aromatic carbocycles. The first-order chi connectivity index (χ1) is 11.2. The van der Waals surface area contributed by atoms with Gasteiger partial charge in [0.05, 0.1) is 18.7 Å². The second-order valence-electron chi connectivity index (χ2n) is 5.04. The van der Waals surface area contributed by atoms with Crippen LogP contribution in [0.5, 0.6) is 5.75 Å². The van der Waals surface area contributed by atoms with Gasteiger partial charge in [0.15, 0.2) is 5.78 Å². The molecule has 0 aliphatic rings. The Labute approximate surface area is 133 Å². The topological polar surface area (TPSA) is 65.9 Å². The monoisotopic (exact) mass is 302 g/mol. The number of nitriles is 1. The second kappa shape index (κ2) is 6.20. The molecule has 112 valence electrons. The van der Waals surface area contributed by atoms with Crippen LogP contribution in [0.4, 0.5) is 0 Å². The first kappa shape index (κ1) is 14.6. The van der Waals surface area contributed by atoms with E-state index in [1.54, 1.807) is 37.5 Å². The minimum atomic E-state index is -0.105. The third-order valence-electron chi connectivity index (χ3n) is 3.63. The number of H-pyrrole nitrogens is 1. The number of carbonyl (C=O) groups excluding carboxylic acids is 1. The Bertz CT molecular complexity index is 928. The summed E-state index contributed by atoms with van der Waals surface area (Å²) >= 11 is 0. The molecule has 0 unspecified atom stereocenters. The molecule has 4 nitrogen and oxygen atoms in total. The minimum Gasteiger partial charge on any atom is -0.497 e. The second-order valence-corrected chi connectivity index (χ2v) is 5.04. The Balaban J connectivity index is 1.87. The predicted octanol–water partition coefficient (Wildman–Crippen LogP) is 3.94. The van der Waals surface area contributed by atoms with Crippen molar-refractivity contribution in [3.05, 3.63) is 71.4 Å². The molecule has 0 atom stereocenters. The van der Waals surface area contributed by atoms with Gasteiger partial charge in [-0.25, -0.2) is 0 Å². The number of methoxy groups -OCH3 is 1. The maximum Gasteiger partial charge on any atom is 0.185 e. The van der Waals surface area contributed by atoms with Crippen molar-refractivity contribution < 1.29 is 9.53 Å². The van der Waals surface area contributed by atoms with Crippen LogP contribution in [0.15, 0.2) is 54.7 Å². The standard InChI is InChI=1S/C19H14N2O2/c1-23-16-7-8-18-17(10-16)15(12-21-18)6-9-19(22)14-4-2-13(11-20)3-5-14/h2-10,12,21H,1H3/b9-6+. The lowest BCUT2D eigenvalue weighted by Gasteiger charge is -1.99. The summed E-state index contributed by atoms with van der Waals surface area (Å²) in [7, 11) is 1.62. The van der Waals surface area contributed by atoms with E-state index in [2.05, 4.69) is 4.98 Å². The fraction of sp³-hybridized carbons (Fsp3) is 0.0526. The third kappa shape index (κ3) is 2.99. The summed E-state index contributed by atoms with van der Waals surface area (Å²) in [5.41, 5.74) is 2.99. The van der Waals surface area contributed by atoms with Crippen LogP contribution in [0.2, 0.25) is 0 Å². The normalized spacial score (nSPS) is 10.8. The molecular weight excluding hydrogens is 288 g/mol. The van der Waals surface area contributed by atoms with Crippen LogP contribution in [-0.4, -0.2) is 17.9 Å². The summed E-state index contributed by atoms with van der Waals surface area (Å²) in [4.78, 5) is 15.4. The lowest BCUT2D eigenvalue weighted by atomic mass is 10.1. The number of ketones is 1. The van der Waals surface area contributed by atoms with Gasteiger partial charge in [-0.2, -0.15) is 5.26 Å². The molecule has 3 aromatic rings. The van der Waals surface area contributed by atoms with Gasteiger partial charge in [-0.1, -0.05) is 0 Å². The smallest absolute Gasteiger partial charge is 0.185 e. The molecule has 0 bridgehead atoms. The Morgan fingerprint density at radius 2 is 2.00 bits per heavy atom. The van der Waals surface area contributed by atoms with Crippen molar-refractivity contribution in [2.45, 2.75) is 0 Å². The molecule has 0 aliphatic carbocycles. The highest BCUT2D eigenvalue weighted by Gasteiger charge is 2.05. The zero-order chi connectivity index (χ0) is 16.2. The van der Waals surface area contributed by atoms with Gasteiger partial charge in [-0.3, -0.25) is 4.79 Å². The number of benzene rings is 2. The molecule has 0 radical (unpaired) electrons. The number of aromatic amines is 1. The van der Waals surface area contributed by atoms with Gasteiger partial charge in [0.2, 0.25) is 0 Å². The van der Waals surface area contributed by atoms with Gasteiger partial charge >= 0.3 is 0 Å². The van der Waals surface area contributed by atoms with Crippen LogP contribution in [0.3, 0.4) is 0 Å². The Hall–Kier alpha value is -3.32. The molecule has 23 heavy (non-hydrogen) atoms. The van der Waals surface area contributed by atoms with Crippen molar-refractivity contribution in [3.8, 4) is 11.8 Å². The van der Waals surface area contributed by atoms with Crippen molar-refractivity contribution >= 4 is 22.8 Å². The number of aromatic nitrogens is 1. The SMILES string of the molecule is COc1ccc2[nH]cc(/C=C/C(=O)c3ccc(C#N)cc3)c2c1. The van der Waals surface area contributed by atoms with E-state index in [1.807, 2.05) is 30.5 Å². The van der Waals surface area contributed by atoms with Crippen LogP contribution >= 0.6 is 0 Å². The fourth-order valence-corrected chi connectivity index (χ4v) is 2.36. The van der Waals surface area contributed by atoms with E-state index < -0.39 is 0 Å². The highest BCUT2D eigenvalue weighted by Crippen LogP contribution is 2.24. The molecule has 0 aliphatic heterocycles. The van der Waals surface area contributed by atoms with E-state index in [4.69, 9.17) is 10.00 Å². The Kier molecular flexibility index (Phi) is 3.94. The summed E-state index contributed by atoms with van der Waals surface area (Å²) in [6.07, 6.45) is 5.16. The minimum absolute atomic E-state index is 0.105. The van der Waals surface area contributed by atoms with E-state index in [1.165, 1.54) is 6.08 Å². The summed E-state index contributed by atoms with van der Waals surface area (Å²) in [5, 5.41) is 9.77. The molecule has 3 rings (SSSR count). The van der Waals surface area contributed by atoms with Gasteiger partial charge < -0.3 is 9.72 Å². The van der Waals surface area contributed by atoms with Crippen molar-refractivity contribution in [2.75, 3.05) is 7.11 Å². The maximum absolute atomic E-state index is 12.2. The van der Waals surface area contributed by atoms with Gasteiger partial charge in [-0.15, -0.1) is 0 Å². The van der Waals surface area contributed by atoms with Crippen LogP contribution < -0.4 is 4.74 Å². The molecule has 0 saturated carbocycles. The van der Waals surface area contributed by atoms with Gasteiger partial charge in [0.1, 0.15) is 5.75 Å². The van der Waals surface area contributed by atoms with Gasteiger partial charge in [0, 0.05) is 28.2 Å². The molecule has 1 N–H and O–H groups in total. The van der Waals surface area contributed by atoms with E-state index in [9.17, 15) is 4.79 Å². The molecule has 0 fully saturated rings. The van der Waals surface area contributed by atoms with Gasteiger partial charge in [-0.05, 0) is 54.6 Å². The first-order valence-corrected chi connectivity index (χ1v) is 7.09. The zero-order valence-corrected chi connectivity index (χ0v) is 12.5. The average Bonchev–Trinajstić information content (AvgIpc) is 3.01. The number of ether oxygens (including phenoxy) is 1. The Morgan fingerprint density at radius 3 is 2.70 bits per heavy atom. The molecule has 1 aromatic heterocycles. The van der Waals surface area contributed by atoms with Crippen molar-refractivity contribution in [1.82, 2.24) is 4.98 Å². The number of nitrogens with zero attached hydrogens (tertiary/aromatic N) is 1. The number of hydrogen-bond acceptors (Lipinski definition) is 3. The number of allylic oxidation sites excluding steroid dienone is 1. The van der Waals surface area contributed by atoms with E-state index >= 15 is 0 Å².